The van der Waals surface area contributed by atoms with Crippen molar-refractivity contribution in [1.82, 2.24) is 19.4 Å². The predicted molar refractivity (Wildman–Crippen MR) is 99.7 cm³/mol. The summed E-state index contributed by atoms with van der Waals surface area (Å²) in [5.74, 6) is 0.888. The lowest BCUT2D eigenvalue weighted by Crippen LogP contribution is -2.43. The van der Waals surface area contributed by atoms with Gasteiger partial charge in [0.25, 0.3) is 0 Å². The largest absolute Gasteiger partial charge is 0.353 e. The summed E-state index contributed by atoms with van der Waals surface area (Å²) in [5, 5.41) is 2.16. The molecule has 0 amide bonds. The summed E-state index contributed by atoms with van der Waals surface area (Å²) in [6.45, 7) is 7.02. The van der Waals surface area contributed by atoms with Crippen molar-refractivity contribution in [3.05, 3.63) is 40.1 Å². The van der Waals surface area contributed by atoms with Gasteiger partial charge < -0.3 is 4.57 Å². The number of ketones is 1. The third-order valence-corrected chi connectivity index (χ3v) is 6.29. The molecule has 0 aromatic carbocycles. The zero-order valence-electron chi connectivity index (χ0n) is 15.0. The highest BCUT2D eigenvalue weighted by Gasteiger charge is 2.35. The summed E-state index contributed by atoms with van der Waals surface area (Å²) in [6.07, 6.45) is 4.57. The third kappa shape index (κ3) is 3.71. The zero-order chi connectivity index (χ0) is 17.4. The fourth-order valence-corrected chi connectivity index (χ4v) is 4.86. The topological polar surface area (TPSA) is 41.4 Å². The highest BCUT2D eigenvalue weighted by atomic mass is 32.1. The maximum atomic E-state index is 11.6. The first-order valence-electron chi connectivity index (χ1n) is 9.08. The molecule has 0 N–H and O–H groups in total. The Hall–Kier alpha value is -1.50. The molecule has 3 saturated heterocycles. The highest BCUT2D eigenvalue weighted by molar-refractivity contribution is 7.07. The molecule has 134 valence electrons. The van der Waals surface area contributed by atoms with E-state index in [-0.39, 0.29) is 5.78 Å². The van der Waals surface area contributed by atoms with E-state index in [2.05, 4.69) is 30.8 Å². The summed E-state index contributed by atoms with van der Waals surface area (Å²) >= 11 is 1.68. The maximum Gasteiger partial charge on any atom is 0.161 e. The van der Waals surface area contributed by atoms with E-state index in [1.807, 2.05) is 18.8 Å². The van der Waals surface area contributed by atoms with Crippen molar-refractivity contribution in [3.63, 3.8) is 0 Å². The Morgan fingerprint density at radius 1 is 1.28 bits per heavy atom. The first-order chi connectivity index (χ1) is 12.1. The molecule has 0 unspecified atom stereocenters. The van der Waals surface area contributed by atoms with Crippen LogP contribution in [-0.4, -0.2) is 50.8 Å². The molecule has 2 aromatic rings. The molecule has 2 bridgehead atoms. The molecule has 0 saturated carbocycles. The van der Waals surface area contributed by atoms with E-state index in [0.29, 0.717) is 6.04 Å². The molecule has 5 heterocycles. The summed E-state index contributed by atoms with van der Waals surface area (Å²) < 4.78 is 2.11. The molecule has 0 spiro atoms. The minimum Gasteiger partial charge on any atom is -0.353 e. The minimum absolute atomic E-state index is 0.147. The number of carbonyl (C=O) groups is 1. The number of rotatable bonds is 5. The lowest BCUT2D eigenvalue weighted by Gasteiger charge is -2.36. The fraction of sp³-hybridized carbons (Fsp3) is 0.579. The van der Waals surface area contributed by atoms with Crippen LogP contribution < -0.4 is 0 Å². The lowest BCUT2D eigenvalue weighted by molar-refractivity contribution is 0.101. The highest BCUT2D eigenvalue weighted by Crippen LogP contribution is 2.30. The Kier molecular flexibility index (Phi) is 4.75. The van der Waals surface area contributed by atoms with E-state index < -0.39 is 0 Å². The van der Waals surface area contributed by atoms with Gasteiger partial charge in [0.1, 0.15) is 0 Å². The maximum absolute atomic E-state index is 11.6. The van der Waals surface area contributed by atoms with Crippen LogP contribution in [0.15, 0.2) is 23.2 Å². The molecule has 2 atom stereocenters. The molecule has 25 heavy (non-hydrogen) atoms. The lowest BCUT2D eigenvalue weighted by atomic mass is 9.95. The van der Waals surface area contributed by atoms with Crippen LogP contribution in [0.5, 0.6) is 0 Å². The molecule has 6 heteroatoms. The van der Waals surface area contributed by atoms with Gasteiger partial charge in [0.2, 0.25) is 0 Å². The third-order valence-electron chi connectivity index (χ3n) is 5.65. The first-order valence-corrected chi connectivity index (χ1v) is 10.0. The molecule has 3 aliphatic heterocycles. The van der Waals surface area contributed by atoms with Crippen LogP contribution in [0, 0.1) is 5.92 Å². The van der Waals surface area contributed by atoms with Gasteiger partial charge in [-0.3, -0.25) is 14.6 Å². The quantitative estimate of drug-likeness (QED) is 0.771. The average molecular weight is 359 g/mol. The van der Waals surface area contributed by atoms with Gasteiger partial charge >= 0.3 is 0 Å². The molecule has 5 rings (SSSR count). The van der Waals surface area contributed by atoms with Gasteiger partial charge in [0, 0.05) is 68.6 Å². The molecule has 5 nitrogen and oxygen atoms in total. The average Bonchev–Trinajstić information content (AvgIpc) is 3.11. The van der Waals surface area contributed by atoms with Crippen LogP contribution in [0.1, 0.15) is 41.5 Å². The first kappa shape index (κ1) is 16.9. The predicted octanol–water partition coefficient (Wildman–Crippen LogP) is 2.78. The summed E-state index contributed by atoms with van der Waals surface area (Å²) in [4.78, 5) is 21.3. The van der Waals surface area contributed by atoms with Crippen LogP contribution in [-0.2, 0) is 20.1 Å². The Balaban J connectivity index is 1.46. The summed E-state index contributed by atoms with van der Waals surface area (Å²) in [6, 6.07) is 2.67. The number of aromatic nitrogens is 2. The van der Waals surface area contributed by atoms with Crippen LogP contribution in [0.2, 0.25) is 0 Å². The zero-order valence-corrected chi connectivity index (χ0v) is 15.8. The van der Waals surface area contributed by atoms with E-state index in [0.717, 1.165) is 31.1 Å². The van der Waals surface area contributed by atoms with Gasteiger partial charge in [-0.15, -0.1) is 11.3 Å². The van der Waals surface area contributed by atoms with Gasteiger partial charge in [0.15, 0.2) is 5.78 Å². The van der Waals surface area contributed by atoms with E-state index in [9.17, 15) is 4.79 Å². The van der Waals surface area contributed by atoms with Crippen molar-refractivity contribution in [1.29, 1.82) is 0 Å². The molecule has 0 aliphatic carbocycles. The van der Waals surface area contributed by atoms with Crippen LogP contribution in [0.3, 0.4) is 0 Å². The Morgan fingerprint density at radius 2 is 2.16 bits per heavy atom. The van der Waals surface area contributed by atoms with E-state index >= 15 is 0 Å². The van der Waals surface area contributed by atoms with Gasteiger partial charge in [0.05, 0.1) is 11.2 Å². The number of piperidine rings is 1. The van der Waals surface area contributed by atoms with Crippen molar-refractivity contribution in [2.45, 2.75) is 38.9 Å². The molecular weight excluding hydrogens is 332 g/mol. The van der Waals surface area contributed by atoms with Crippen molar-refractivity contribution in [3.8, 4) is 0 Å². The standard InChI is InChI=1S/C19H26N4OS/c1-14(24)16-5-19(21(2)8-16)11-23-7-15-3-4-18(23)10-22(6-15)9-17-12-25-13-20-17/h5,8,12-13,15,18H,3-4,6-7,9-11H2,1-2H3/t15-,18+/m0/s1. The molecule has 3 fully saturated rings. The minimum atomic E-state index is 0.147. The number of aryl methyl sites for hydroxylation is 1. The van der Waals surface area contributed by atoms with Gasteiger partial charge in [-0.25, -0.2) is 4.98 Å². The van der Waals surface area contributed by atoms with Gasteiger partial charge in [-0.2, -0.15) is 0 Å². The SMILES string of the molecule is CC(=O)c1cc(CN2C[C@H]3CC[C@@H]2CN(Cc2cscn2)C3)n(C)c1. The van der Waals surface area contributed by atoms with E-state index in [1.165, 1.54) is 37.3 Å². The Morgan fingerprint density at radius 3 is 2.88 bits per heavy atom. The van der Waals surface area contributed by atoms with Crippen LogP contribution in [0.4, 0.5) is 0 Å². The van der Waals surface area contributed by atoms with Crippen molar-refractivity contribution in [2.24, 2.45) is 13.0 Å². The summed E-state index contributed by atoms with van der Waals surface area (Å²) in [7, 11) is 2.05. The second-order valence-electron chi connectivity index (χ2n) is 7.59. The summed E-state index contributed by atoms with van der Waals surface area (Å²) in [5.41, 5.74) is 5.19. The monoisotopic (exact) mass is 358 g/mol. The molecule has 3 aliphatic rings. The fourth-order valence-electron chi connectivity index (χ4n) is 4.31. The second-order valence-corrected chi connectivity index (χ2v) is 8.31. The van der Waals surface area contributed by atoms with Crippen LogP contribution in [0.25, 0.3) is 0 Å². The number of hydrogen-bond acceptors (Lipinski definition) is 5. The van der Waals surface area contributed by atoms with Crippen molar-refractivity contribution < 1.29 is 4.79 Å². The Labute approximate surface area is 153 Å². The molecule has 0 radical (unpaired) electrons. The second kappa shape index (κ2) is 7.02. The molecular formula is C19H26N4OS. The number of Topliss-reactive ketones (excluding diaryl/α,β-unsaturated/α-hetero) is 1. The van der Waals surface area contributed by atoms with E-state index in [4.69, 9.17) is 0 Å². The smallest absolute Gasteiger partial charge is 0.161 e. The number of fused-ring (bicyclic) bond motifs is 4. The van der Waals surface area contributed by atoms with E-state index in [1.54, 1.807) is 18.3 Å². The number of hydrogen-bond donors (Lipinski definition) is 0. The number of carbonyl (C=O) groups excluding carboxylic acids is 1. The number of nitrogens with zero attached hydrogens (tertiary/aromatic N) is 4. The van der Waals surface area contributed by atoms with Gasteiger partial charge in [-0.05, 0) is 31.7 Å². The van der Waals surface area contributed by atoms with Crippen molar-refractivity contribution in [2.75, 3.05) is 19.6 Å². The normalized spacial score (nSPS) is 24.6. The van der Waals surface area contributed by atoms with Crippen molar-refractivity contribution >= 4 is 17.1 Å². The van der Waals surface area contributed by atoms with Gasteiger partial charge in [-0.1, -0.05) is 0 Å². The van der Waals surface area contributed by atoms with Crippen LogP contribution >= 0.6 is 11.3 Å². The molecule has 2 aromatic heterocycles. The Bertz CT molecular complexity index is 739. The number of thiazole rings is 1.